The van der Waals surface area contributed by atoms with Gasteiger partial charge in [-0.2, -0.15) is 13.2 Å². The Balaban J connectivity index is 2.25. The molecule has 0 spiro atoms. The molecule has 0 aliphatic heterocycles. The lowest BCUT2D eigenvalue weighted by Gasteiger charge is -2.19. The fourth-order valence-corrected chi connectivity index (χ4v) is 2.88. The van der Waals surface area contributed by atoms with Crippen LogP contribution in [0.5, 0.6) is 5.75 Å². The van der Waals surface area contributed by atoms with Crippen molar-refractivity contribution in [2.45, 2.75) is 32.4 Å². The molecule has 2 aromatic carbocycles. The van der Waals surface area contributed by atoms with E-state index in [-0.39, 0.29) is 23.3 Å². The average molecular weight is 424 g/mol. The summed E-state index contributed by atoms with van der Waals surface area (Å²) in [5.41, 5.74) is 0.998. The minimum absolute atomic E-state index is 0.0539. The largest absolute Gasteiger partial charge is 0.497 e. The van der Waals surface area contributed by atoms with Gasteiger partial charge in [-0.25, -0.2) is 0 Å². The maximum Gasteiger partial charge on any atom is 0.416 e. The third-order valence-electron chi connectivity index (χ3n) is 4.51. The van der Waals surface area contributed by atoms with E-state index in [0.717, 1.165) is 17.7 Å². The van der Waals surface area contributed by atoms with Crippen LogP contribution < -0.4 is 15.4 Å². The number of carbonyl (C=O) groups excluding carboxylic acids is 1. The van der Waals surface area contributed by atoms with Gasteiger partial charge >= 0.3 is 6.18 Å². The molecule has 5 nitrogen and oxygen atoms in total. The minimum atomic E-state index is -4.48. The first-order chi connectivity index (χ1) is 14.3. The van der Waals surface area contributed by atoms with Crippen LogP contribution in [0.25, 0.3) is 0 Å². The number of amides is 1. The van der Waals surface area contributed by atoms with Crippen molar-refractivity contribution in [1.29, 1.82) is 0 Å². The number of halogens is 3. The number of anilines is 2. The Morgan fingerprint density at radius 2 is 1.87 bits per heavy atom. The molecule has 30 heavy (non-hydrogen) atoms. The van der Waals surface area contributed by atoms with Gasteiger partial charge in [-0.1, -0.05) is 19.1 Å². The van der Waals surface area contributed by atoms with Crippen molar-refractivity contribution in [2.75, 3.05) is 32.2 Å². The average Bonchev–Trinajstić information content (AvgIpc) is 2.72. The maximum atomic E-state index is 13.2. The van der Waals surface area contributed by atoms with Gasteiger partial charge in [0.1, 0.15) is 5.75 Å². The monoisotopic (exact) mass is 424 g/mol. The van der Waals surface area contributed by atoms with Crippen molar-refractivity contribution in [3.05, 3.63) is 53.6 Å². The summed E-state index contributed by atoms with van der Waals surface area (Å²) in [6.07, 6.45) is -4.09. The highest BCUT2D eigenvalue weighted by molar-refractivity contribution is 5.75. The second-order valence-electron chi connectivity index (χ2n) is 6.71. The van der Waals surface area contributed by atoms with Gasteiger partial charge in [-0.3, -0.25) is 4.79 Å². The van der Waals surface area contributed by atoms with Gasteiger partial charge in [-0.15, -0.1) is 0 Å². The Bertz CT molecular complexity index is 841. The van der Waals surface area contributed by atoms with Crippen LogP contribution in [0.4, 0.5) is 24.5 Å². The smallest absolute Gasteiger partial charge is 0.416 e. The molecule has 0 radical (unpaired) electrons. The summed E-state index contributed by atoms with van der Waals surface area (Å²) < 4.78 is 50.0. The summed E-state index contributed by atoms with van der Waals surface area (Å²) in [5, 5.41) is 5.88. The molecule has 0 saturated carbocycles. The van der Waals surface area contributed by atoms with E-state index in [1.165, 1.54) is 13.2 Å². The lowest BCUT2D eigenvalue weighted by Crippen LogP contribution is -2.29. The number of carbonyl (C=O) groups is 1. The van der Waals surface area contributed by atoms with Crippen molar-refractivity contribution in [3.63, 3.8) is 0 Å². The topological polar surface area (TPSA) is 59.6 Å². The molecule has 164 valence electrons. The second-order valence-corrected chi connectivity index (χ2v) is 6.71. The zero-order chi connectivity index (χ0) is 22.1. The molecule has 0 saturated heterocycles. The number of nitrogens with one attached hydrogen (secondary N) is 2. The molecular weight excluding hydrogens is 397 g/mol. The lowest BCUT2D eigenvalue weighted by molar-refractivity contribution is -0.137. The molecule has 2 rings (SSSR count). The lowest BCUT2D eigenvalue weighted by atomic mass is 9.99. The van der Waals surface area contributed by atoms with Crippen LogP contribution in [0.1, 0.15) is 37.3 Å². The van der Waals surface area contributed by atoms with Gasteiger partial charge in [0.25, 0.3) is 0 Å². The Hall–Kier alpha value is -2.74. The first kappa shape index (κ1) is 23.5. The van der Waals surface area contributed by atoms with Gasteiger partial charge in [0.15, 0.2) is 0 Å². The number of hydrogen-bond acceptors (Lipinski definition) is 4. The molecule has 1 unspecified atom stereocenters. The summed E-state index contributed by atoms with van der Waals surface area (Å²) in [5.74, 6) is -0.0277. The van der Waals surface area contributed by atoms with Crippen molar-refractivity contribution < 1.29 is 27.4 Å². The predicted octanol–water partition coefficient (Wildman–Crippen LogP) is 5.10. The van der Waals surface area contributed by atoms with Gasteiger partial charge in [-0.05, 0) is 36.8 Å². The minimum Gasteiger partial charge on any atom is -0.497 e. The summed E-state index contributed by atoms with van der Waals surface area (Å²) in [4.78, 5) is 11.6. The Labute approximate surface area is 174 Å². The summed E-state index contributed by atoms with van der Waals surface area (Å²) in [6, 6.07) is 10.8. The van der Waals surface area contributed by atoms with Gasteiger partial charge < -0.3 is 20.1 Å². The van der Waals surface area contributed by atoms with Crippen LogP contribution in [0.2, 0.25) is 0 Å². The normalized spacial score (nSPS) is 12.3. The van der Waals surface area contributed by atoms with Crippen LogP contribution in [0.3, 0.4) is 0 Å². The number of ether oxygens (including phenoxy) is 2. The molecule has 1 amide bonds. The fraction of sp³-hybridized carbons (Fsp3) is 0.409. The van der Waals surface area contributed by atoms with E-state index in [1.807, 2.05) is 25.1 Å². The molecule has 0 heterocycles. The Morgan fingerprint density at radius 3 is 2.50 bits per heavy atom. The standard InChI is InChI=1S/C22H27F3N2O3/c1-4-21(28)26-13-16(14-30-5-2)15-7-6-8-18(9-15)27-19-10-17(22(23,24)25)11-20(12-19)29-3/h6-12,16,27H,4-5,13-14H2,1-3H3,(H,26,28). The van der Waals surface area contributed by atoms with Crippen molar-refractivity contribution in [3.8, 4) is 5.75 Å². The Morgan fingerprint density at radius 1 is 1.10 bits per heavy atom. The highest BCUT2D eigenvalue weighted by Gasteiger charge is 2.31. The van der Waals surface area contributed by atoms with Gasteiger partial charge in [0, 0.05) is 42.9 Å². The first-order valence-electron chi connectivity index (χ1n) is 9.74. The third kappa shape index (κ3) is 6.95. The summed E-state index contributed by atoms with van der Waals surface area (Å²) >= 11 is 0. The molecule has 8 heteroatoms. The molecular formula is C22H27F3N2O3. The molecule has 1 atom stereocenters. The number of methoxy groups -OCH3 is 1. The van der Waals surface area contributed by atoms with Gasteiger partial charge in [0.05, 0.1) is 19.3 Å². The fourth-order valence-electron chi connectivity index (χ4n) is 2.88. The predicted molar refractivity (Wildman–Crippen MR) is 110 cm³/mol. The van der Waals surface area contributed by atoms with Crippen LogP contribution >= 0.6 is 0 Å². The van der Waals surface area contributed by atoms with E-state index in [9.17, 15) is 18.0 Å². The first-order valence-corrected chi connectivity index (χ1v) is 9.74. The highest BCUT2D eigenvalue weighted by atomic mass is 19.4. The molecule has 2 N–H and O–H groups in total. The zero-order valence-corrected chi connectivity index (χ0v) is 17.3. The van der Waals surface area contributed by atoms with Crippen LogP contribution in [-0.2, 0) is 15.7 Å². The number of benzene rings is 2. The van der Waals surface area contributed by atoms with Gasteiger partial charge in [0.2, 0.25) is 5.91 Å². The van der Waals surface area contributed by atoms with Crippen molar-refractivity contribution >= 4 is 17.3 Å². The molecule has 2 aromatic rings. The molecule has 0 bridgehead atoms. The number of hydrogen-bond donors (Lipinski definition) is 2. The van der Waals surface area contributed by atoms with E-state index in [4.69, 9.17) is 9.47 Å². The number of rotatable bonds is 10. The van der Waals surface area contributed by atoms with E-state index in [1.54, 1.807) is 13.0 Å². The maximum absolute atomic E-state index is 13.2. The molecule has 0 aliphatic rings. The number of alkyl halides is 3. The van der Waals surface area contributed by atoms with E-state index < -0.39 is 11.7 Å². The van der Waals surface area contributed by atoms with Crippen molar-refractivity contribution in [2.24, 2.45) is 0 Å². The second kappa shape index (κ2) is 10.9. The van der Waals surface area contributed by atoms with E-state index in [0.29, 0.717) is 31.9 Å². The molecule has 0 fully saturated rings. The SMILES string of the molecule is CCOCC(CNC(=O)CC)c1cccc(Nc2cc(OC)cc(C(F)(F)F)c2)c1. The van der Waals surface area contributed by atoms with E-state index >= 15 is 0 Å². The van der Waals surface area contributed by atoms with Crippen LogP contribution in [0.15, 0.2) is 42.5 Å². The third-order valence-corrected chi connectivity index (χ3v) is 4.51. The Kier molecular flexibility index (Phi) is 8.53. The molecule has 0 aliphatic carbocycles. The van der Waals surface area contributed by atoms with Crippen LogP contribution in [-0.4, -0.2) is 32.8 Å². The van der Waals surface area contributed by atoms with Crippen LogP contribution in [0, 0.1) is 0 Å². The zero-order valence-electron chi connectivity index (χ0n) is 17.3. The van der Waals surface area contributed by atoms with E-state index in [2.05, 4.69) is 10.6 Å². The highest BCUT2D eigenvalue weighted by Crippen LogP contribution is 2.35. The molecule has 0 aromatic heterocycles. The quantitative estimate of drug-likeness (QED) is 0.557. The summed E-state index contributed by atoms with van der Waals surface area (Å²) in [7, 11) is 1.32. The summed E-state index contributed by atoms with van der Waals surface area (Å²) in [6.45, 7) is 5.04. The van der Waals surface area contributed by atoms with Crippen molar-refractivity contribution in [1.82, 2.24) is 5.32 Å².